The quantitative estimate of drug-likeness (QED) is 0.866. The Labute approximate surface area is 114 Å². The third kappa shape index (κ3) is 3.88. The fourth-order valence-corrected chi connectivity index (χ4v) is 1.42. The number of carbonyl (C=O) groups is 2. The lowest BCUT2D eigenvalue weighted by molar-refractivity contribution is -0.119. The van der Waals surface area contributed by atoms with Gasteiger partial charge in [0.1, 0.15) is 11.6 Å². The van der Waals surface area contributed by atoms with E-state index in [-0.39, 0.29) is 5.56 Å². The molecule has 0 spiro atoms. The lowest BCUT2D eigenvalue weighted by atomic mass is 10.2. The van der Waals surface area contributed by atoms with Crippen LogP contribution in [0.1, 0.15) is 10.4 Å². The number of amides is 1. The number of rotatable bonds is 4. The standard InChI is InChI=1S/C14H11FN2O3/c15-11-6-4-10(5-7-11)14(19)20-9-13(18)17-12-3-1-2-8-16-12/h1-8H,9H2,(H,16,17,18). The summed E-state index contributed by atoms with van der Waals surface area (Å²) in [5.41, 5.74) is 0.178. The molecule has 0 aliphatic rings. The van der Waals surface area contributed by atoms with E-state index in [0.717, 1.165) is 12.1 Å². The van der Waals surface area contributed by atoms with E-state index < -0.39 is 24.3 Å². The van der Waals surface area contributed by atoms with Crippen LogP contribution in [0.4, 0.5) is 10.2 Å². The van der Waals surface area contributed by atoms with E-state index in [1.54, 1.807) is 18.2 Å². The SMILES string of the molecule is O=C(COC(=O)c1ccc(F)cc1)Nc1ccccn1. The van der Waals surface area contributed by atoms with E-state index in [1.165, 1.54) is 18.3 Å². The van der Waals surface area contributed by atoms with Crippen molar-refractivity contribution in [2.45, 2.75) is 0 Å². The van der Waals surface area contributed by atoms with Gasteiger partial charge in [-0.2, -0.15) is 0 Å². The number of anilines is 1. The average molecular weight is 274 g/mol. The zero-order valence-corrected chi connectivity index (χ0v) is 10.4. The van der Waals surface area contributed by atoms with Gasteiger partial charge in [0.25, 0.3) is 5.91 Å². The van der Waals surface area contributed by atoms with Crippen molar-refractivity contribution in [3.05, 3.63) is 60.0 Å². The summed E-state index contributed by atoms with van der Waals surface area (Å²) in [7, 11) is 0. The molecule has 1 amide bonds. The Morgan fingerprint density at radius 3 is 2.55 bits per heavy atom. The number of hydrogen-bond donors (Lipinski definition) is 1. The van der Waals surface area contributed by atoms with Gasteiger partial charge in [-0.3, -0.25) is 4.79 Å². The molecule has 2 rings (SSSR count). The lowest BCUT2D eigenvalue weighted by Gasteiger charge is -2.05. The first-order chi connectivity index (χ1) is 9.65. The van der Waals surface area contributed by atoms with E-state index >= 15 is 0 Å². The van der Waals surface area contributed by atoms with Crippen LogP contribution in [0.2, 0.25) is 0 Å². The van der Waals surface area contributed by atoms with Crippen LogP contribution in [0.15, 0.2) is 48.7 Å². The molecule has 0 saturated carbocycles. The molecule has 0 bridgehead atoms. The Balaban J connectivity index is 1.84. The number of ether oxygens (including phenoxy) is 1. The predicted molar refractivity (Wildman–Crippen MR) is 69.5 cm³/mol. The summed E-state index contributed by atoms with van der Waals surface area (Å²) < 4.78 is 17.5. The van der Waals surface area contributed by atoms with Gasteiger partial charge in [0.05, 0.1) is 5.56 Å². The smallest absolute Gasteiger partial charge is 0.338 e. The molecule has 0 fully saturated rings. The largest absolute Gasteiger partial charge is 0.452 e. The molecule has 1 aromatic carbocycles. The number of hydrogen-bond acceptors (Lipinski definition) is 4. The molecular formula is C14H11FN2O3. The second kappa shape index (κ2) is 6.42. The number of carbonyl (C=O) groups excluding carboxylic acids is 2. The van der Waals surface area contributed by atoms with Gasteiger partial charge in [-0.05, 0) is 36.4 Å². The van der Waals surface area contributed by atoms with E-state index in [2.05, 4.69) is 10.3 Å². The second-order valence-corrected chi connectivity index (χ2v) is 3.85. The molecule has 20 heavy (non-hydrogen) atoms. The molecule has 2 aromatic rings. The van der Waals surface area contributed by atoms with E-state index in [0.29, 0.717) is 5.82 Å². The summed E-state index contributed by atoms with van der Waals surface area (Å²) in [6.45, 7) is -0.438. The first-order valence-electron chi connectivity index (χ1n) is 5.79. The van der Waals surface area contributed by atoms with Gasteiger partial charge in [0.15, 0.2) is 6.61 Å². The molecule has 0 saturated heterocycles. The molecule has 0 radical (unpaired) electrons. The minimum absolute atomic E-state index is 0.178. The van der Waals surface area contributed by atoms with Crippen LogP contribution in [0.3, 0.4) is 0 Å². The van der Waals surface area contributed by atoms with E-state index in [9.17, 15) is 14.0 Å². The number of nitrogens with one attached hydrogen (secondary N) is 1. The maximum atomic E-state index is 12.7. The first-order valence-corrected chi connectivity index (χ1v) is 5.79. The third-order valence-electron chi connectivity index (χ3n) is 2.35. The highest BCUT2D eigenvalue weighted by Gasteiger charge is 2.10. The summed E-state index contributed by atoms with van der Waals surface area (Å²) in [6, 6.07) is 9.90. The first kappa shape index (κ1) is 13.7. The number of benzene rings is 1. The molecule has 0 aliphatic heterocycles. The summed E-state index contributed by atoms with van der Waals surface area (Å²) >= 11 is 0. The monoisotopic (exact) mass is 274 g/mol. The topological polar surface area (TPSA) is 68.3 Å². The highest BCUT2D eigenvalue weighted by molar-refractivity contribution is 5.94. The summed E-state index contributed by atoms with van der Waals surface area (Å²) in [5, 5.41) is 2.47. The van der Waals surface area contributed by atoms with Crippen LogP contribution < -0.4 is 5.32 Å². The summed E-state index contributed by atoms with van der Waals surface area (Å²) in [5.74, 6) is -1.27. The van der Waals surface area contributed by atoms with Crippen LogP contribution >= 0.6 is 0 Å². The fraction of sp³-hybridized carbons (Fsp3) is 0.0714. The molecule has 6 heteroatoms. The van der Waals surface area contributed by atoms with Crippen molar-refractivity contribution in [3.8, 4) is 0 Å². The molecule has 0 atom stereocenters. The molecule has 0 aliphatic carbocycles. The van der Waals surface area contributed by atoms with Gasteiger partial charge in [-0.1, -0.05) is 6.07 Å². The predicted octanol–water partition coefficient (Wildman–Crippen LogP) is 2.02. The molecule has 1 aromatic heterocycles. The van der Waals surface area contributed by atoms with Crippen molar-refractivity contribution in [2.75, 3.05) is 11.9 Å². The Hall–Kier alpha value is -2.76. The Bertz CT molecular complexity index is 600. The summed E-state index contributed by atoms with van der Waals surface area (Å²) in [6.07, 6.45) is 1.53. The molecule has 102 valence electrons. The van der Waals surface area contributed by atoms with E-state index in [4.69, 9.17) is 4.74 Å². The molecule has 1 N–H and O–H groups in total. The lowest BCUT2D eigenvalue weighted by Crippen LogP contribution is -2.21. The highest BCUT2D eigenvalue weighted by atomic mass is 19.1. The second-order valence-electron chi connectivity index (χ2n) is 3.85. The molecule has 0 unspecified atom stereocenters. The van der Waals surface area contributed by atoms with Gasteiger partial charge >= 0.3 is 5.97 Å². The van der Waals surface area contributed by atoms with Crippen molar-refractivity contribution in [1.29, 1.82) is 0 Å². The van der Waals surface area contributed by atoms with Gasteiger partial charge in [-0.25, -0.2) is 14.2 Å². The maximum Gasteiger partial charge on any atom is 0.338 e. The van der Waals surface area contributed by atoms with Gasteiger partial charge in [0, 0.05) is 6.20 Å². The van der Waals surface area contributed by atoms with Gasteiger partial charge < -0.3 is 10.1 Å². The van der Waals surface area contributed by atoms with Gasteiger partial charge in [0.2, 0.25) is 0 Å². The number of aromatic nitrogens is 1. The number of nitrogens with zero attached hydrogens (tertiary/aromatic N) is 1. The molecule has 1 heterocycles. The Morgan fingerprint density at radius 1 is 1.15 bits per heavy atom. The molecular weight excluding hydrogens is 263 g/mol. The van der Waals surface area contributed by atoms with Crippen molar-refractivity contribution in [2.24, 2.45) is 0 Å². The average Bonchev–Trinajstić information content (AvgIpc) is 2.46. The van der Waals surface area contributed by atoms with Crippen LogP contribution in [-0.2, 0) is 9.53 Å². The zero-order chi connectivity index (χ0) is 14.4. The summed E-state index contributed by atoms with van der Waals surface area (Å²) in [4.78, 5) is 27.0. The fourth-order valence-electron chi connectivity index (χ4n) is 1.42. The Kier molecular flexibility index (Phi) is 4.39. The van der Waals surface area contributed by atoms with Gasteiger partial charge in [-0.15, -0.1) is 0 Å². The third-order valence-corrected chi connectivity index (χ3v) is 2.35. The normalized spacial score (nSPS) is 9.85. The van der Waals surface area contributed by atoms with Crippen molar-refractivity contribution in [1.82, 2.24) is 4.98 Å². The maximum absolute atomic E-state index is 12.7. The highest BCUT2D eigenvalue weighted by Crippen LogP contribution is 2.05. The number of esters is 1. The van der Waals surface area contributed by atoms with Crippen LogP contribution in [0.5, 0.6) is 0 Å². The number of halogens is 1. The van der Waals surface area contributed by atoms with Crippen LogP contribution in [-0.4, -0.2) is 23.5 Å². The molecule has 5 nitrogen and oxygen atoms in total. The van der Waals surface area contributed by atoms with Crippen molar-refractivity contribution >= 4 is 17.7 Å². The number of pyridine rings is 1. The van der Waals surface area contributed by atoms with E-state index in [1.807, 2.05) is 0 Å². The van der Waals surface area contributed by atoms with Crippen LogP contribution in [0, 0.1) is 5.82 Å². The zero-order valence-electron chi connectivity index (χ0n) is 10.4. The van der Waals surface area contributed by atoms with Crippen molar-refractivity contribution < 1.29 is 18.7 Å². The Morgan fingerprint density at radius 2 is 1.90 bits per heavy atom. The van der Waals surface area contributed by atoms with Crippen molar-refractivity contribution in [3.63, 3.8) is 0 Å². The minimum Gasteiger partial charge on any atom is -0.452 e. The minimum atomic E-state index is -0.693. The van der Waals surface area contributed by atoms with Crippen LogP contribution in [0.25, 0.3) is 0 Å².